The highest BCUT2D eigenvalue weighted by Gasteiger charge is 2.23. The van der Waals surface area contributed by atoms with Gasteiger partial charge in [-0.1, -0.05) is 29.9 Å². The second kappa shape index (κ2) is 4.15. The monoisotopic (exact) mass is 229 g/mol. The predicted octanol–water partition coefficient (Wildman–Crippen LogP) is 2.78. The highest BCUT2D eigenvalue weighted by Crippen LogP contribution is 2.22. The molecule has 1 aromatic rings. The van der Waals surface area contributed by atoms with Gasteiger partial charge in [-0.05, 0) is 32.0 Å². The summed E-state index contributed by atoms with van der Waals surface area (Å²) in [6.07, 6.45) is 0. The van der Waals surface area contributed by atoms with Gasteiger partial charge in [-0.15, -0.1) is 0 Å². The largest absolute Gasteiger partial charge is 0.481 e. The lowest BCUT2D eigenvalue weighted by atomic mass is 10.1. The molecular weight excluding hydrogens is 218 g/mol. The van der Waals surface area contributed by atoms with E-state index < -0.39 is 5.60 Å². The Hall–Kier alpha value is -0.800. The molecule has 0 atom stereocenters. The van der Waals surface area contributed by atoms with Crippen LogP contribution in [-0.4, -0.2) is 10.6 Å². The van der Waals surface area contributed by atoms with E-state index in [1.165, 1.54) is 0 Å². The molecule has 0 radical (unpaired) electrons. The molecule has 76 valence electrons. The summed E-state index contributed by atoms with van der Waals surface area (Å²) in [5.74, 6) is 0.662. The number of halogens is 1. The Labute approximate surface area is 94.0 Å². The average molecular weight is 230 g/mol. The lowest BCUT2D eigenvalue weighted by molar-refractivity contribution is 0.184. The first-order chi connectivity index (χ1) is 6.42. The molecule has 0 aromatic heterocycles. The third kappa shape index (κ3) is 2.86. The number of hydrogen-bond acceptors (Lipinski definition) is 2. The number of nitrogens with two attached hydrogens (primary N) is 1. The fraction of sp³-hybridized carbons (Fsp3) is 0.300. The first kappa shape index (κ1) is 11.3. The zero-order valence-corrected chi connectivity index (χ0v) is 9.65. The summed E-state index contributed by atoms with van der Waals surface area (Å²) >= 11 is 10.7. The van der Waals surface area contributed by atoms with Crippen molar-refractivity contribution in [3.8, 4) is 5.75 Å². The van der Waals surface area contributed by atoms with Crippen molar-refractivity contribution in [2.75, 3.05) is 0 Å². The third-order valence-corrected chi connectivity index (χ3v) is 2.49. The maximum absolute atomic E-state index is 5.81. The summed E-state index contributed by atoms with van der Waals surface area (Å²) in [5, 5.41) is 0.626. The molecule has 14 heavy (non-hydrogen) atoms. The molecule has 2 N–H and O–H groups in total. The predicted molar refractivity (Wildman–Crippen MR) is 62.9 cm³/mol. The molecule has 0 heterocycles. The van der Waals surface area contributed by atoms with Crippen LogP contribution in [0.1, 0.15) is 13.8 Å². The minimum absolute atomic E-state index is 0.317. The first-order valence-corrected chi connectivity index (χ1v) is 4.95. The molecule has 0 aliphatic carbocycles. The second-order valence-corrected chi connectivity index (χ2v) is 4.31. The number of ether oxygens (including phenoxy) is 1. The lowest BCUT2D eigenvalue weighted by Crippen LogP contribution is -2.41. The van der Waals surface area contributed by atoms with Gasteiger partial charge in [0, 0.05) is 5.02 Å². The van der Waals surface area contributed by atoms with E-state index in [1.807, 2.05) is 26.0 Å². The molecule has 2 nitrogen and oxygen atoms in total. The molecule has 0 fully saturated rings. The Bertz CT molecular complexity index is 352. The van der Waals surface area contributed by atoms with E-state index in [4.69, 9.17) is 34.3 Å². The minimum atomic E-state index is -0.653. The van der Waals surface area contributed by atoms with E-state index in [0.29, 0.717) is 15.8 Å². The molecule has 4 heteroatoms. The Morgan fingerprint density at radius 1 is 1.50 bits per heavy atom. The van der Waals surface area contributed by atoms with Crippen molar-refractivity contribution in [3.05, 3.63) is 29.3 Å². The number of thiocarbonyl (C=S) groups is 1. The third-order valence-electron chi connectivity index (χ3n) is 1.76. The van der Waals surface area contributed by atoms with Gasteiger partial charge >= 0.3 is 0 Å². The zero-order chi connectivity index (χ0) is 10.8. The Balaban J connectivity index is 2.83. The average Bonchev–Trinajstić information content (AvgIpc) is 2.02. The molecule has 1 aromatic carbocycles. The van der Waals surface area contributed by atoms with Crippen LogP contribution in [0.2, 0.25) is 5.02 Å². The minimum Gasteiger partial charge on any atom is -0.481 e. The van der Waals surface area contributed by atoms with Gasteiger partial charge in [0.1, 0.15) is 10.7 Å². The summed E-state index contributed by atoms with van der Waals surface area (Å²) in [7, 11) is 0. The van der Waals surface area contributed by atoms with Crippen LogP contribution in [0.4, 0.5) is 0 Å². The summed E-state index contributed by atoms with van der Waals surface area (Å²) in [4.78, 5) is 0.317. The SMILES string of the molecule is CC(C)(Oc1cccc(Cl)c1)C(N)=S. The molecule has 0 amide bonds. The molecule has 0 saturated carbocycles. The Morgan fingerprint density at radius 3 is 2.64 bits per heavy atom. The van der Waals surface area contributed by atoms with Crippen molar-refractivity contribution >= 4 is 28.8 Å². The maximum atomic E-state index is 5.81. The highest BCUT2D eigenvalue weighted by atomic mass is 35.5. The van der Waals surface area contributed by atoms with Gasteiger partial charge in [-0.25, -0.2) is 0 Å². The van der Waals surface area contributed by atoms with Crippen molar-refractivity contribution in [2.45, 2.75) is 19.4 Å². The Kier molecular flexibility index (Phi) is 3.34. The van der Waals surface area contributed by atoms with E-state index in [1.54, 1.807) is 12.1 Å². The zero-order valence-electron chi connectivity index (χ0n) is 8.08. The van der Waals surface area contributed by atoms with Crippen LogP contribution in [0.3, 0.4) is 0 Å². The van der Waals surface area contributed by atoms with Crippen LogP contribution in [-0.2, 0) is 0 Å². The van der Waals surface area contributed by atoms with Crippen molar-refractivity contribution in [1.82, 2.24) is 0 Å². The first-order valence-electron chi connectivity index (χ1n) is 4.16. The number of hydrogen-bond donors (Lipinski definition) is 1. The Morgan fingerprint density at radius 2 is 2.14 bits per heavy atom. The molecular formula is C10H12ClNOS. The van der Waals surface area contributed by atoms with Crippen molar-refractivity contribution in [2.24, 2.45) is 5.73 Å². The van der Waals surface area contributed by atoms with E-state index in [-0.39, 0.29) is 0 Å². The molecule has 0 saturated heterocycles. The normalized spacial score (nSPS) is 11.1. The number of rotatable bonds is 3. The van der Waals surface area contributed by atoms with Crippen LogP contribution >= 0.6 is 23.8 Å². The topological polar surface area (TPSA) is 35.2 Å². The van der Waals surface area contributed by atoms with Crippen LogP contribution < -0.4 is 10.5 Å². The quantitative estimate of drug-likeness (QED) is 0.810. The number of benzene rings is 1. The maximum Gasteiger partial charge on any atom is 0.153 e. The summed E-state index contributed by atoms with van der Waals surface area (Å²) in [5.41, 5.74) is 4.88. The van der Waals surface area contributed by atoms with E-state index >= 15 is 0 Å². The van der Waals surface area contributed by atoms with Crippen molar-refractivity contribution < 1.29 is 4.74 Å². The van der Waals surface area contributed by atoms with Crippen LogP contribution in [0.15, 0.2) is 24.3 Å². The fourth-order valence-electron chi connectivity index (χ4n) is 0.875. The van der Waals surface area contributed by atoms with Crippen molar-refractivity contribution in [3.63, 3.8) is 0 Å². The molecule has 1 rings (SSSR count). The lowest BCUT2D eigenvalue weighted by Gasteiger charge is -2.24. The standard InChI is InChI=1S/C10H12ClNOS/c1-10(2,9(12)14)13-8-5-3-4-7(11)6-8/h3-6H,1-2H3,(H2,12,14). The van der Waals surface area contributed by atoms with E-state index in [9.17, 15) is 0 Å². The van der Waals surface area contributed by atoms with Gasteiger partial charge in [0.15, 0.2) is 5.60 Å². The molecule has 0 spiro atoms. The van der Waals surface area contributed by atoms with Crippen molar-refractivity contribution in [1.29, 1.82) is 0 Å². The van der Waals surface area contributed by atoms with E-state index in [2.05, 4.69) is 0 Å². The van der Waals surface area contributed by atoms with Crippen LogP contribution in [0.25, 0.3) is 0 Å². The molecule has 0 aliphatic rings. The smallest absolute Gasteiger partial charge is 0.153 e. The van der Waals surface area contributed by atoms with Gasteiger partial charge in [0.2, 0.25) is 0 Å². The van der Waals surface area contributed by atoms with Gasteiger partial charge in [-0.2, -0.15) is 0 Å². The summed E-state index contributed by atoms with van der Waals surface area (Å²) in [6.45, 7) is 3.63. The summed E-state index contributed by atoms with van der Waals surface area (Å²) in [6, 6.07) is 7.13. The molecule has 0 aliphatic heterocycles. The van der Waals surface area contributed by atoms with Crippen LogP contribution in [0, 0.1) is 0 Å². The van der Waals surface area contributed by atoms with Crippen LogP contribution in [0.5, 0.6) is 5.75 Å². The van der Waals surface area contributed by atoms with Gasteiger partial charge in [0.25, 0.3) is 0 Å². The highest BCUT2D eigenvalue weighted by molar-refractivity contribution is 7.80. The molecule has 0 bridgehead atoms. The van der Waals surface area contributed by atoms with Gasteiger partial charge in [0.05, 0.1) is 0 Å². The van der Waals surface area contributed by atoms with Gasteiger partial charge < -0.3 is 10.5 Å². The van der Waals surface area contributed by atoms with E-state index in [0.717, 1.165) is 0 Å². The molecule has 0 unspecified atom stereocenters. The fourth-order valence-corrected chi connectivity index (χ4v) is 1.10. The summed E-state index contributed by atoms with van der Waals surface area (Å²) < 4.78 is 5.59. The second-order valence-electron chi connectivity index (χ2n) is 3.43. The van der Waals surface area contributed by atoms with Gasteiger partial charge in [-0.3, -0.25) is 0 Å².